The van der Waals surface area contributed by atoms with Crippen molar-refractivity contribution < 1.29 is 23.8 Å². The van der Waals surface area contributed by atoms with E-state index in [0.29, 0.717) is 50.4 Å². The van der Waals surface area contributed by atoms with Crippen LogP contribution in [0.15, 0.2) is 127 Å². The molecule has 2 atom stereocenters. The molecule has 5 aromatic rings. The Kier molecular flexibility index (Phi) is 16.7. The number of primary amides is 1. The third-order valence-electron chi connectivity index (χ3n) is 11.1. The highest BCUT2D eigenvalue weighted by atomic mass is 16.6. The van der Waals surface area contributed by atoms with E-state index in [-0.39, 0.29) is 12.7 Å². The molecule has 0 bridgehead atoms. The Hall–Kier alpha value is -5.80. The maximum Gasteiger partial charge on any atom is 0.410 e. The van der Waals surface area contributed by atoms with Crippen LogP contribution in [0.4, 0.5) is 15.3 Å². The summed E-state index contributed by atoms with van der Waals surface area (Å²) < 4.78 is 18.8. The van der Waals surface area contributed by atoms with Gasteiger partial charge in [-0.05, 0) is 103 Å². The van der Waals surface area contributed by atoms with Crippen LogP contribution >= 0.6 is 0 Å². The molecular weight excluding hydrogens is 737 g/mol. The lowest BCUT2D eigenvalue weighted by Gasteiger charge is -2.33. The number of nitrogens with two attached hydrogens (primary N) is 1. The quantitative estimate of drug-likeness (QED) is 0.0601. The summed E-state index contributed by atoms with van der Waals surface area (Å²) >= 11 is 0. The third-order valence-corrected chi connectivity index (χ3v) is 11.1. The fourth-order valence-corrected chi connectivity index (χ4v) is 7.85. The molecule has 0 fully saturated rings. The number of unbranched alkanes of at least 4 members (excludes halogenated alkanes) is 2. The van der Waals surface area contributed by atoms with Gasteiger partial charge in [-0.2, -0.15) is 0 Å². The molecule has 59 heavy (non-hydrogen) atoms. The van der Waals surface area contributed by atoms with E-state index >= 15 is 0 Å². The second-order valence-electron chi connectivity index (χ2n) is 15.5. The number of hydrogen-bond donors (Lipinski definition) is 3. The van der Waals surface area contributed by atoms with Crippen LogP contribution in [0.2, 0.25) is 0 Å². The molecule has 5 aromatic carbocycles. The molecule has 0 spiro atoms. The summed E-state index contributed by atoms with van der Waals surface area (Å²) in [6, 6.07) is 42.1. The summed E-state index contributed by atoms with van der Waals surface area (Å²) in [6.07, 6.45) is 8.55. The molecule has 0 saturated heterocycles. The van der Waals surface area contributed by atoms with Gasteiger partial charge in [0.2, 0.25) is 0 Å². The summed E-state index contributed by atoms with van der Waals surface area (Å²) in [5, 5.41) is 6.51. The second kappa shape index (κ2) is 23.0. The number of urea groups is 1. The normalized spacial score (nSPS) is 13.8. The van der Waals surface area contributed by atoms with Gasteiger partial charge in [0, 0.05) is 30.4 Å². The average Bonchev–Trinajstić information content (AvgIpc) is 3.27. The van der Waals surface area contributed by atoms with Crippen LogP contribution in [-0.4, -0.2) is 42.7 Å². The van der Waals surface area contributed by atoms with Crippen LogP contribution in [0, 0.1) is 5.92 Å². The first-order valence-electron chi connectivity index (χ1n) is 21.3. The molecule has 3 amide bonds. The van der Waals surface area contributed by atoms with Gasteiger partial charge >= 0.3 is 12.1 Å². The molecule has 1 aliphatic carbocycles. The van der Waals surface area contributed by atoms with E-state index in [2.05, 4.69) is 54.0 Å². The number of anilines is 1. The number of amides is 3. The minimum atomic E-state index is -0.597. The van der Waals surface area contributed by atoms with Gasteiger partial charge in [0.25, 0.3) is 0 Å². The Labute approximate surface area is 350 Å². The van der Waals surface area contributed by atoms with E-state index in [1.54, 1.807) is 0 Å². The van der Waals surface area contributed by atoms with Crippen molar-refractivity contribution in [2.45, 2.75) is 90.6 Å². The van der Waals surface area contributed by atoms with Gasteiger partial charge < -0.3 is 35.5 Å². The molecule has 4 N–H and O–H groups in total. The van der Waals surface area contributed by atoms with Crippen LogP contribution < -0.4 is 25.8 Å². The van der Waals surface area contributed by atoms with Crippen LogP contribution in [0.1, 0.15) is 78.8 Å². The number of nitrogens with zero attached hydrogens (tertiary/aromatic N) is 1. The number of nitrogens with one attached hydrogen (secondary N) is 2. The van der Waals surface area contributed by atoms with Crippen LogP contribution in [-0.2, 0) is 43.8 Å². The highest BCUT2D eigenvalue weighted by Crippen LogP contribution is 2.41. The van der Waals surface area contributed by atoms with Gasteiger partial charge in [0.15, 0.2) is 11.5 Å². The molecular formula is C50H60N4O5. The van der Waals surface area contributed by atoms with Crippen molar-refractivity contribution in [3.05, 3.63) is 161 Å². The average molecular weight is 797 g/mol. The Bertz CT molecular complexity index is 2010. The third kappa shape index (κ3) is 13.6. The number of benzene rings is 5. The molecule has 310 valence electrons. The molecule has 1 aliphatic rings. The lowest BCUT2D eigenvalue weighted by atomic mass is 9.78. The summed E-state index contributed by atoms with van der Waals surface area (Å²) in [6.45, 7) is 5.60. The van der Waals surface area contributed by atoms with Crippen LogP contribution in [0.25, 0.3) is 0 Å². The Balaban J connectivity index is 1.06. The van der Waals surface area contributed by atoms with E-state index in [1.807, 2.05) is 95.9 Å². The van der Waals surface area contributed by atoms with E-state index in [9.17, 15) is 9.59 Å². The number of carbonyl (C=O) groups is 2. The van der Waals surface area contributed by atoms with E-state index in [0.717, 1.165) is 91.7 Å². The number of ether oxygens (including phenoxy) is 3. The number of hydrogen-bond acceptors (Lipinski definition) is 6. The fraction of sp³-hybridized carbons (Fsp3) is 0.360. The molecule has 0 aliphatic heterocycles. The van der Waals surface area contributed by atoms with E-state index < -0.39 is 6.03 Å². The molecule has 9 heteroatoms. The Morgan fingerprint density at radius 2 is 1.37 bits per heavy atom. The van der Waals surface area contributed by atoms with Crippen molar-refractivity contribution in [2.75, 3.05) is 25.0 Å². The van der Waals surface area contributed by atoms with Crippen molar-refractivity contribution in [2.24, 2.45) is 11.7 Å². The predicted octanol–water partition coefficient (Wildman–Crippen LogP) is 10.3. The first kappa shape index (κ1) is 42.8. The summed E-state index contributed by atoms with van der Waals surface area (Å²) in [5.41, 5.74) is 12.8. The molecule has 0 saturated carbocycles. The highest BCUT2D eigenvalue weighted by molar-refractivity contribution is 5.87. The van der Waals surface area contributed by atoms with Crippen LogP contribution in [0.5, 0.6) is 11.5 Å². The lowest BCUT2D eigenvalue weighted by Crippen LogP contribution is -2.39. The zero-order chi connectivity index (χ0) is 41.1. The lowest BCUT2D eigenvalue weighted by molar-refractivity contribution is 0.0957. The molecule has 6 rings (SSSR count). The Morgan fingerprint density at radius 1 is 0.729 bits per heavy atom. The van der Waals surface area contributed by atoms with Crippen molar-refractivity contribution in [1.29, 1.82) is 0 Å². The minimum absolute atomic E-state index is 0.238. The van der Waals surface area contributed by atoms with Gasteiger partial charge in [0.05, 0.1) is 0 Å². The zero-order valence-electron chi connectivity index (χ0n) is 34.5. The highest BCUT2D eigenvalue weighted by Gasteiger charge is 2.29. The maximum absolute atomic E-state index is 13.4. The zero-order valence-corrected chi connectivity index (χ0v) is 34.5. The van der Waals surface area contributed by atoms with Crippen molar-refractivity contribution >= 4 is 17.8 Å². The number of rotatable bonds is 22. The molecule has 9 nitrogen and oxygen atoms in total. The molecule has 2 unspecified atom stereocenters. The largest absolute Gasteiger partial charge is 0.485 e. The summed E-state index contributed by atoms with van der Waals surface area (Å²) in [5.74, 6) is 2.19. The fourth-order valence-electron chi connectivity index (χ4n) is 7.85. The summed E-state index contributed by atoms with van der Waals surface area (Å²) in [4.78, 5) is 26.5. The van der Waals surface area contributed by atoms with Gasteiger partial charge in [-0.3, -0.25) is 0 Å². The van der Waals surface area contributed by atoms with Gasteiger partial charge in [-0.15, -0.1) is 0 Å². The Morgan fingerprint density at radius 3 is 2.02 bits per heavy atom. The minimum Gasteiger partial charge on any atom is -0.485 e. The van der Waals surface area contributed by atoms with Crippen molar-refractivity contribution in [3.63, 3.8) is 0 Å². The van der Waals surface area contributed by atoms with E-state index in [1.165, 1.54) is 11.1 Å². The van der Waals surface area contributed by atoms with Gasteiger partial charge in [0.1, 0.15) is 19.8 Å². The number of carbonyl (C=O) groups excluding carboxylic acids is 2. The monoisotopic (exact) mass is 796 g/mol. The molecule has 0 radical (unpaired) electrons. The molecule has 0 aromatic heterocycles. The van der Waals surface area contributed by atoms with Crippen molar-refractivity contribution in [3.8, 4) is 11.5 Å². The van der Waals surface area contributed by atoms with E-state index in [4.69, 9.17) is 19.9 Å². The maximum atomic E-state index is 13.4. The van der Waals surface area contributed by atoms with Crippen LogP contribution in [0.3, 0.4) is 0 Å². The second-order valence-corrected chi connectivity index (χ2v) is 15.5. The predicted molar refractivity (Wildman–Crippen MR) is 236 cm³/mol. The number of fused-ring (bicyclic) bond motifs is 1. The smallest absolute Gasteiger partial charge is 0.410 e. The molecule has 0 heterocycles. The first-order valence-corrected chi connectivity index (χ1v) is 21.3. The standard InChI is InChI=1S/C50H60N4O5/c1-2-31-52-46(21-13-6-14-32-54(50(56)59-37-41-19-11-5-12-20-41)33-30-38-22-26-44(27-23-38)53-49(51)55)43-24-28-45-42(34-43)25-29-47(57-35-39-15-7-3-8-16-39)48(45)58-36-40-17-9-4-10-18-40/h3-5,7-12,15-20,22-23,25-27,29,43,46,52H,2,6,13-14,21,24,28,30-37H2,1H3,(H3,51,53,55). The van der Waals surface area contributed by atoms with Gasteiger partial charge in [-0.25, -0.2) is 9.59 Å². The van der Waals surface area contributed by atoms with Crippen molar-refractivity contribution in [1.82, 2.24) is 10.2 Å². The SMILES string of the molecule is CCCNC(CCCCCN(CCc1ccc(NC(N)=O)cc1)C(=O)OCc1ccccc1)C1CCc2c(ccc(OCc3ccccc3)c2OCc2ccccc2)C1. The summed E-state index contributed by atoms with van der Waals surface area (Å²) in [7, 11) is 0. The van der Waals surface area contributed by atoms with Gasteiger partial charge in [-0.1, -0.05) is 129 Å². The first-order chi connectivity index (χ1) is 28.9. The topological polar surface area (TPSA) is 115 Å².